The molecule has 1 saturated carbocycles. The van der Waals surface area contributed by atoms with Gasteiger partial charge in [0.2, 0.25) is 5.56 Å². The summed E-state index contributed by atoms with van der Waals surface area (Å²) in [5.74, 6) is 0.873. The van der Waals surface area contributed by atoms with Crippen molar-refractivity contribution >= 4 is 45.9 Å². The molecule has 0 radical (unpaired) electrons. The lowest BCUT2D eigenvalue weighted by molar-refractivity contribution is 0.585. The highest BCUT2D eigenvalue weighted by Crippen LogP contribution is 2.50. The van der Waals surface area contributed by atoms with Gasteiger partial charge in [-0.05, 0) is 50.3 Å². The quantitative estimate of drug-likeness (QED) is 0.204. The zero-order valence-electron chi connectivity index (χ0n) is 16.9. The number of halogens is 2. The first kappa shape index (κ1) is 23.9. The molecule has 0 amide bonds. The molecule has 2 N–H and O–H groups in total. The van der Waals surface area contributed by atoms with Gasteiger partial charge in [0.25, 0.3) is 0 Å². The Bertz CT molecular complexity index is 864. The molecule has 0 saturated heterocycles. The molecule has 3 rings (SSSR count). The lowest BCUT2D eigenvalue weighted by Gasteiger charge is -2.17. The number of nitrogens with zero attached hydrogens (tertiary/aromatic N) is 2. The molecule has 0 aliphatic heterocycles. The normalized spacial score (nSPS) is 14.8. The first-order valence-electron chi connectivity index (χ1n) is 10.1. The van der Waals surface area contributed by atoms with Crippen LogP contribution < -0.4 is 16.2 Å². The highest BCUT2D eigenvalue weighted by atomic mass is 127. The van der Waals surface area contributed by atoms with Crippen molar-refractivity contribution in [3.05, 3.63) is 69.1 Å². The van der Waals surface area contributed by atoms with Crippen LogP contribution in [0.3, 0.4) is 0 Å². The van der Waals surface area contributed by atoms with E-state index in [-0.39, 0.29) is 35.0 Å². The molecule has 0 spiro atoms. The highest BCUT2D eigenvalue weighted by molar-refractivity contribution is 14.0. The lowest BCUT2D eigenvalue weighted by Crippen LogP contribution is -2.38. The van der Waals surface area contributed by atoms with E-state index in [1.807, 2.05) is 12.3 Å². The van der Waals surface area contributed by atoms with E-state index >= 15 is 0 Å². The summed E-state index contributed by atoms with van der Waals surface area (Å²) in [4.78, 5) is 16.6. The van der Waals surface area contributed by atoms with Gasteiger partial charge in [0.05, 0.1) is 6.54 Å². The largest absolute Gasteiger partial charge is 0.357 e. The number of unbranched alkanes of at least 4 members (excludes halogenated alkanes) is 1. The summed E-state index contributed by atoms with van der Waals surface area (Å²) in [6, 6.07) is 13.8. The van der Waals surface area contributed by atoms with Crippen LogP contribution in [0.25, 0.3) is 0 Å². The Morgan fingerprint density at radius 3 is 2.59 bits per heavy atom. The van der Waals surface area contributed by atoms with Gasteiger partial charge in [-0.15, -0.1) is 24.0 Å². The molecular weight excluding hydrogens is 543 g/mol. The first-order chi connectivity index (χ1) is 13.6. The van der Waals surface area contributed by atoms with E-state index in [0.29, 0.717) is 0 Å². The maximum atomic E-state index is 11.7. The SMILES string of the molecule is CCNC(=NCC1(c2ccccc2Br)CC1)NCCCCn1ccccc1=O.I. The molecule has 0 bridgehead atoms. The molecule has 1 aliphatic carbocycles. The van der Waals surface area contributed by atoms with Gasteiger partial charge >= 0.3 is 0 Å². The van der Waals surface area contributed by atoms with Crippen molar-refractivity contribution < 1.29 is 0 Å². The smallest absolute Gasteiger partial charge is 0.250 e. The molecule has 1 fully saturated rings. The third kappa shape index (κ3) is 6.84. The number of aromatic nitrogens is 1. The second-order valence-corrected chi connectivity index (χ2v) is 8.18. The number of hydrogen-bond donors (Lipinski definition) is 2. The Morgan fingerprint density at radius 2 is 1.90 bits per heavy atom. The molecule has 1 heterocycles. The Morgan fingerprint density at radius 1 is 1.14 bits per heavy atom. The minimum Gasteiger partial charge on any atom is -0.357 e. The number of pyridine rings is 1. The molecule has 7 heteroatoms. The summed E-state index contributed by atoms with van der Waals surface area (Å²) < 4.78 is 2.94. The topological polar surface area (TPSA) is 58.4 Å². The van der Waals surface area contributed by atoms with Gasteiger partial charge in [-0.1, -0.05) is 40.2 Å². The number of rotatable bonds is 9. The monoisotopic (exact) mass is 572 g/mol. The third-order valence-electron chi connectivity index (χ3n) is 5.20. The summed E-state index contributed by atoms with van der Waals surface area (Å²) in [5, 5.41) is 6.77. The van der Waals surface area contributed by atoms with E-state index in [0.717, 1.165) is 45.0 Å². The number of aliphatic imine (C=N–C) groups is 1. The summed E-state index contributed by atoms with van der Waals surface area (Å²) in [5.41, 5.74) is 1.60. The van der Waals surface area contributed by atoms with Crippen LogP contribution in [0.5, 0.6) is 0 Å². The minimum absolute atomic E-state index is 0. The van der Waals surface area contributed by atoms with Crippen LogP contribution in [0.1, 0.15) is 38.2 Å². The predicted molar refractivity (Wildman–Crippen MR) is 134 cm³/mol. The fraction of sp³-hybridized carbons (Fsp3) is 0.455. The Kier molecular flexibility index (Phi) is 9.68. The van der Waals surface area contributed by atoms with Crippen molar-refractivity contribution in [1.82, 2.24) is 15.2 Å². The zero-order chi connectivity index (χ0) is 19.8. The van der Waals surface area contributed by atoms with Crippen LogP contribution >= 0.6 is 39.9 Å². The van der Waals surface area contributed by atoms with Crippen molar-refractivity contribution in [3.63, 3.8) is 0 Å². The fourth-order valence-corrected chi connectivity index (χ4v) is 4.09. The predicted octanol–water partition coefficient (Wildman–Crippen LogP) is 4.30. The van der Waals surface area contributed by atoms with E-state index in [1.54, 1.807) is 16.7 Å². The fourth-order valence-electron chi connectivity index (χ4n) is 3.39. The van der Waals surface area contributed by atoms with E-state index in [1.165, 1.54) is 22.9 Å². The summed E-state index contributed by atoms with van der Waals surface area (Å²) in [7, 11) is 0. The number of hydrogen-bond acceptors (Lipinski definition) is 2. The summed E-state index contributed by atoms with van der Waals surface area (Å²) >= 11 is 3.69. The molecule has 5 nitrogen and oxygen atoms in total. The van der Waals surface area contributed by atoms with Gasteiger partial charge in [-0.3, -0.25) is 9.79 Å². The van der Waals surface area contributed by atoms with Crippen LogP contribution in [0.4, 0.5) is 0 Å². The van der Waals surface area contributed by atoms with Gasteiger partial charge in [0.1, 0.15) is 0 Å². The van der Waals surface area contributed by atoms with Crippen LogP contribution in [-0.2, 0) is 12.0 Å². The van der Waals surface area contributed by atoms with Gasteiger partial charge < -0.3 is 15.2 Å². The van der Waals surface area contributed by atoms with Crippen LogP contribution in [0, 0.1) is 0 Å². The van der Waals surface area contributed by atoms with E-state index < -0.39 is 0 Å². The second kappa shape index (κ2) is 11.7. The number of benzene rings is 1. The van der Waals surface area contributed by atoms with Gasteiger partial charge in [0.15, 0.2) is 5.96 Å². The van der Waals surface area contributed by atoms with Crippen molar-refractivity contribution in [2.24, 2.45) is 4.99 Å². The van der Waals surface area contributed by atoms with Crippen molar-refractivity contribution in [3.8, 4) is 0 Å². The molecular formula is C22H30BrIN4O. The van der Waals surface area contributed by atoms with E-state index in [4.69, 9.17) is 4.99 Å². The molecule has 29 heavy (non-hydrogen) atoms. The van der Waals surface area contributed by atoms with E-state index in [2.05, 4.69) is 57.8 Å². The average Bonchev–Trinajstić information content (AvgIpc) is 3.48. The minimum atomic E-state index is 0. The maximum Gasteiger partial charge on any atom is 0.250 e. The molecule has 0 unspecified atom stereocenters. The van der Waals surface area contributed by atoms with Crippen LogP contribution in [0.15, 0.2) is 62.9 Å². The molecule has 0 atom stereocenters. The number of guanidine groups is 1. The summed E-state index contributed by atoms with van der Waals surface area (Å²) in [6.07, 6.45) is 6.16. The van der Waals surface area contributed by atoms with Gasteiger partial charge in [0, 0.05) is 41.8 Å². The van der Waals surface area contributed by atoms with E-state index in [9.17, 15) is 4.79 Å². The van der Waals surface area contributed by atoms with Crippen LogP contribution in [0.2, 0.25) is 0 Å². The van der Waals surface area contributed by atoms with Crippen molar-refractivity contribution in [2.45, 2.75) is 44.6 Å². The second-order valence-electron chi connectivity index (χ2n) is 7.32. The van der Waals surface area contributed by atoms with Crippen LogP contribution in [-0.4, -0.2) is 30.2 Å². The molecule has 1 aromatic carbocycles. The standard InChI is InChI=1S/C22H29BrN4O.HI/c1-2-24-21(25-14-6-8-16-27-15-7-5-11-20(27)28)26-17-22(12-13-22)18-9-3-4-10-19(18)23;/h3-5,7,9-11,15H,2,6,8,12-14,16-17H2,1H3,(H2,24,25,26);1H. The van der Waals surface area contributed by atoms with Gasteiger partial charge in [-0.2, -0.15) is 0 Å². The lowest BCUT2D eigenvalue weighted by atomic mass is 9.96. The van der Waals surface area contributed by atoms with Gasteiger partial charge in [-0.25, -0.2) is 0 Å². The zero-order valence-corrected chi connectivity index (χ0v) is 20.8. The Labute approximate surface area is 198 Å². The number of nitrogens with one attached hydrogen (secondary N) is 2. The highest BCUT2D eigenvalue weighted by Gasteiger charge is 2.45. The molecule has 2 aromatic rings. The molecule has 1 aromatic heterocycles. The number of aryl methyl sites for hydroxylation is 1. The summed E-state index contributed by atoms with van der Waals surface area (Å²) in [6.45, 7) is 5.31. The average molecular weight is 573 g/mol. The van der Waals surface area contributed by atoms with Crippen molar-refractivity contribution in [2.75, 3.05) is 19.6 Å². The molecule has 1 aliphatic rings. The molecule has 158 valence electrons. The first-order valence-corrected chi connectivity index (χ1v) is 10.9. The Hall–Kier alpha value is -1.35. The third-order valence-corrected chi connectivity index (χ3v) is 5.89. The maximum absolute atomic E-state index is 11.7. The Balaban J connectivity index is 0.00000300. The van der Waals surface area contributed by atoms with Crippen molar-refractivity contribution in [1.29, 1.82) is 0 Å².